The summed E-state index contributed by atoms with van der Waals surface area (Å²) >= 11 is 0. The maximum atomic E-state index is 13.5. The molecule has 1 aromatic heterocycles. The molecule has 2 heterocycles. The van der Waals surface area contributed by atoms with Crippen molar-refractivity contribution in [3.63, 3.8) is 0 Å². The van der Waals surface area contributed by atoms with Crippen molar-refractivity contribution < 1.29 is 14.7 Å². The Kier molecular flexibility index (Phi) is 5.15. The van der Waals surface area contributed by atoms with Gasteiger partial charge < -0.3 is 5.11 Å². The Labute approximate surface area is 180 Å². The predicted molar refractivity (Wildman–Crippen MR) is 118 cm³/mol. The topological polar surface area (TPSA) is 83.4 Å². The summed E-state index contributed by atoms with van der Waals surface area (Å²) < 4.78 is 0. The summed E-state index contributed by atoms with van der Waals surface area (Å²) in [6.45, 7) is 7.63. The number of anilines is 1. The van der Waals surface area contributed by atoms with Gasteiger partial charge in [-0.1, -0.05) is 53.6 Å². The van der Waals surface area contributed by atoms with E-state index in [2.05, 4.69) is 10.2 Å². The van der Waals surface area contributed by atoms with E-state index in [1.54, 1.807) is 31.2 Å². The van der Waals surface area contributed by atoms with Crippen LogP contribution in [0.2, 0.25) is 0 Å². The fraction of sp³-hybridized carbons (Fsp3) is 0.200. The van der Waals surface area contributed by atoms with Crippen LogP contribution in [0.4, 0.5) is 5.82 Å². The highest BCUT2D eigenvalue weighted by Crippen LogP contribution is 2.42. The molecule has 0 bridgehead atoms. The fourth-order valence-electron chi connectivity index (χ4n) is 3.88. The number of aryl methyl sites for hydroxylation is 4. The lowest BCUT2D eigenvalue weighted by molar-refractivity contribution is -0.117. The predicted octanol–water partition coefficient (Wildman–Crippen LogP) is 4.49. The number of Topliss-reactive ketones (excluding diaryl/α,β-unsaturated/α-hetero) is 1. The molecular weight excluding hydrogens is 390 g/mol. The zero-order chi connectivity index (χ0) is 22.3. The number of aliphatic hydroxyl groups excluding tert-OH is 1. The van der Waals surface area contributed by atoms with Crippen LogP contribution in [0.15, 0.2) is 65.9 Å². The molecule has 1 aliphatic rings. The van der Waals surface area contributed by atoms with Crippen LogP contribution in [0, 0.1) is 27.7 Å². The number of carbonyl (C=O) groups is 2. The molecule has 156 valence electrons. The van der Waals surface area contributed by atoms with Crippen molar-refractivity contribution in [2.45, 2.75) is 33.7 Å². The first-order chi connectivity index (χ1) is 14.8. The molecule has 3 aromatic rings. The van der Waals surface area contributed by atoms with E-state index in [-0.39, 0.29) is 11.4 Å². The van der Waals surface area contributed by atoms with E-state index in [4.69, 9.17) is 0 Å². The molecule has 0 fully saturated rings. The van der Waals surface area contributed by atoms with E-state index in [0.29, 0.717) is 11.3 Å². The van der Waals surface area contributed by atoms with Gasteiger partial charge in [-0.15, -0.1) is 5.10 Å². The van der Waals surface area contributed by atoms with E-state index >= 15 is 0 Å². The maximum absolute atomic E-state index is 13.5. The molecule has 2 aromatic carbocycles. The molecule has 4 rings (SSSR count). The molecule has 1 N–H and O–H groups in total. The third kappa shape index (κ3) is 3.61. The van der Waals surface area contributed by atoms with Gasteiger partial charge in [-0.3, -0.25) is 14.5 Å². The van der Waals surface area contributed by atoms with Gasteiger partial charge in [-0.2, -0.15) is 5.10 Å². The van der Waals surface area contributed by atoms with Gasteiger partial charge in [0.25, 0.3) is 5.91 Å². The monoisotopic (exact) mass is 413 g/mol. The van der Waals surface area contributed by atoms with Gasteiger partial charge >= 0.3 is 0 Å². The molecule has 1 aliphatic heterocycles. The lowest BCUT2D eigenvalue weighted by Gasteiger charge is -2.27. The van der Waals surface area contributed by atoms with Crippen molar-refractivity contribution in [2.24, 2.45) is 0 Å². The van der Waals surface area contributed by atoms with Crippen molar-refractivity contribution in [3.8, 4) is 0 Å². The third-order valence-electron chi connectivity index (χ3n) is 5.52. The molecule has 0 saturated carbocycles. The first-order valence-electron chi connectivity index (χ1n) is 10.0. The number of amides is 1. The van der Waals surface area contributed by atoms with Gasteiger partial charge in [0.2, 0.25) is 0 Å². The lowest BCUT2D eigenvalue weighted by Crippen LogP contribution is -2.32. The minimum absolute atomic E-state index is 0.0446. The number of aromatic nitrogens is 2. The molecule has 1 unspecified atom stereocenters. The Morgan fingerprint density at radius 3 is 2.19 bits per heavy atom. The maximum Gasteiger partial charge on any atom is 0.295 e. The number of benzene rings is 2. The Hall–Kier alpha value is -3.80. The van der Waals surface area contributed by atoms with E-state index in [0.717, 1.165) is 22.3 Å². The molecule has 0 radical (unpaired) electrons. The highest BCUT2D eigenvalue weighted by Gasteiger charge is 2.45. The number of carbonyl (C=O) groups excluding carboxylic acids is 2. The Morgan fingerprint density at radius 2 is 1.58 bits per heavy atom. The third-order valence-corrected chi connectivity index (χ3v) is 5.52. The summed E-state index contributed by atoms with van der Waals surface area (Å²) in [6, 6.07) is 15.5. The van der Waals surface area contributed by atoms with Crippen LogP contribution in [0.3, 0.4) is 0 Å². The Bertz CT molecular complexity index is 1210. The Morgan fingerprint density at radius 1 is 0.903 bits per heavy atom. The van der Waals surface area contributed by atoms with Crippen molar-refractivity contribution >= 4 is 17.5 Å². The van der Waals surface area contributed by atoms with E-state index in [1.807, 2.05) is 51.1 Å². The largest absolute Gasteiger partial charge is 0.503 e. The molecule has 0 aliphatic carbocycles. The van der Waals surface area contributed by atoms with Gasteiger partial charge in [0.1, 0.15) is 0 Å². The molecule has 6 heteroatoms. The molecule has 6 nitrogen and oxygen atoms in total. The van der Waals surface area contributed by atoms with E-state index in [9.17, 15) is 14.7 Å². The van der Waals surface area contributed by atoms with Crippen molar-refractivity contribution in [3.05, 3.63) is 99.4 Å². The molecule has 1 atom stereocenters. The number of ketones is 1. The van der Waals surface area contributed by atoms with Crippen LogP contribution < -0.4 is 4.90 Å². The number of rotatable bonds is 4. The summed E-state index contributed by atoms with van der Waals surface area (Å²) in [5.74, 6) is -1.34. The molecule has 1 amide bonds. The molecule has 0 saturated heterocycles. The lowest BCUT2D eigenvalue weighted by atomic mass is 9.89. The summed E-state index contributed by atoms with van der Waals surface area (Å²) in [5.41, 5.74) is 4.89. The zero-order valence-corrected chi connectivity index (χ0v) is 17.9. The summed E-state index contributed by atoms with van der Waals surface area (Å²) in [4.78, 5) is 28.0. The first kappa shape index (κ1) is 20.5. The van der Waals surface area contributed by atoms with Crippen LogP contribution in [-0.4, -0.2) is 27.0 Å². The highest BCUT2D eigenvalue weighted by atomic mass is 16.3. The highest BCUT2D eigenvalue weighted by molar-refractivity contribution is 6.20. The standard InChI is InChI=1S/C25H23N3O3/c1-14-5-9-18(10-6-14)23(29)21-22(19-11-7-15(2)13-16(19)3)28(25(31)24(21)30)20-12-8-17(4)26-27-20/h5-13,22,30H,1-4H3. The van der Waals surface area contributed by atoms with E-state index in [1.165, 1.54) is 4.90 Å². The van der Waals surface area contributed by atoms with Crippen LogP contribution >= 0.6 is 0 Å². The summed E-state index contributed by atoms with van der Waals surface area (Å²) in [5, 5.41) is 19.0. The fourth-order valence-corrected chi connectivity index (χ4v) is 3.88. The summed E-state index contributed by atoms with van der Waals surface area (Å²) in [7, 11) is 0. The average molecular weight is 413 g/mol. The van der Waals surface area contributed by atoms with Gasteiger partial charge in [0.15, 0.2) is 17.4 Å². The second-order valence-electron chi connectivity index (χ2n) is 7.93. The van der Waals surface area contributed by atoms with Crippen LogP contribution in [0.1, 0.15) is 44.3 Å². The number of aliphatic hydroxyl groups is 1. The summed E-state index contributed by atoms with van der Waals surface area (Å²) in [6.07, 6.45) is 0. The van der Waals surface area contributed by atoms with Crippen molar-refractivity contribution in [2.75, 3.05) is 4.90 Å². The second-order valence-corrected chi connectivity index (χ2v) is 7.93. The Balaban J connectivity index is 1.90. The second kappa shape index (κ2) is 7.80. The minimum atomic E-state index is -0.807. The van der Waals surface area contributed by atoms with Crippen LogP contribution in [0.5, 0.6) is 0 Å². The quantitative estimate of drug-likeness (QED) is 0.637. The van der Waals surface area contributed by atoms with Crippen LogP contribution in [0.25, 0.3) is 0 Å². The SMILES string of the molecule is Cc1ccc(C(=O)C2=C(O)C(=O)N(c3ccc(C)nn3)C2c2ccc(C)cc2C)cc1. The van der Waals surface area contributed by atoms with Gasteiger partial charge in [0, 0.05) is 5.56 Å². The number of nitrogens with zero attached hydrogens (tertiary/aromatic N) is 3. The van der Waals surface area contributed by atoms with Crippen molar-refractivity contribution in [1.82, 2.24) is 10.2 Å². The normalized spacial score (nSPS) is 16.2. The smallest absolute Gasteiger partial charge is 0.295 e. The average Bonchev–Trinajstić information content (AvgIpc) is 2.99. The zero-order valence-electron chi connectivity index (χ0n) is 17.9. The first-order valence-corrected chi connectivity index (χ1v) is 10.0. The van der Waals surface area contributed by atoms with Gasteiger partial charge in [-0.25, -0.2) is 0 Å². The molecule has 0 spiro atoms. The van der Waals surface area contributed by atoms with Crippen LogP contribution in [-0.2, 0) is 4.79 Å². The van der Waals surface area contributed by atoms with E-state index < -0.39 is 23.5 Å². The van der Waals surface area contributed by atoms with Gasteiger partial charge in [-0.05, 0) is 51.0 Å². The van der Waals surface area contributed by atoms with Gasteiger partial charge in [0.05, 0.1) is 17.3 Å². The number of hydrogen-bond acceptors (Lipinski definition) is 5. The molecule has 31 heavy (non-hydrogen) atoms. The minimum Gasteiger partial charge on any atom is -0.503 e. The molecular formula is C25H23N3O3. The number of hydrogen-bond donors (Lipinski definition) is 1. The van der Waals surface area contributed by atoms with Crippen molar-refractivity contribution in [1.29, 1.82) is 0 Å².